The zero-order chi connectivity index (χ0) is 56.4. The Labute approximate surface area is 493 Å². The van der Waals surface area contributed by atoms with Crippen LogP contribution in [0.3, 0.4) is 0 Å². The maximum Gasteiger partial charge on any atom is 0.339 e. The van der Waals surface area contributed by atoms with Gasteiger partial charge in [0.2, 0.25) is 0 Å². The normalized spacial score (nSPS) is 13.8. The highest BCUT2D eigenvalue weighted by Crippen LogP contribution is 2.51. The van der Waals surface area contributed by atoms with E-state index in [0.29, 0.717) is 90.4 Å². The van der Waals surface area contributed by atoms with Gasteiger partial charge in [0.25, 0.3) is 0 Å². The molecule has 0 saturated carbocycles. The molecule has 0 aromatic heterocycles. The maximum atomic E-state index is 13.2. The number of hydrogen-bond acceptors (Lipinski definition) is 14. The molecule has 0 spiro atoms. The van der Waals surface area contributed by atoms with Gasteiger partial charge in [0, 0.05) is 45.7 Å². The molecule has 2 aromatic rings. The molecule has 0 bridgehead atoms. The second kappa shape index (κ2) is 49.9. The van der Waals surface area contributed by atoms with Gasteiger partial charge in [-0.3, -0.25) is 0 Å². The van der Waals surface area contributed by atoms with Crippen LogP contribution in [-0.4, -0.2) is 131 Å². The zero-order valence-electron chi connectivity index (χ0n) is 50.1. The number of unbranched alkanes of at least 4 members (excludes halogenated alkanes) is 26. The SMILES string of the molecule is CCCCCCCCCCCCCCCCOCCOCCOCCOCCOC(=O)c1cccc2c1S/C(=C1/Cc3cccc(C(=O)OCCOCCOCCOCCOCCCCCCCCCCCCCCCC)c3S1)C2. The Kier molecular flexibility index (Phi) is 43.6. The minimum absolute atomic E-state index is 0.153. The summed E-state index contributed by atoms with van der Waals surface area (Å²) in [5, 5.41) is 0. The van der Waals surface area contributed by atoms with Crippen LogP contribution in [0.5, 0.6) is 0 Å². The molecule has 0 saturated heterocycles. The molecular weight excluding hydrogens is 1050 g/mol. The molecule has 2 aromatic carbocycles. The second-order valence-corrected chi connectivity index (χ2v) is 23.6. The molecule has 2 aliphatic heterocycles. The van der Waals surface area contributed by atoms with Crippen LogP contribution in [0.1, 0.15) is 225 Å². The summed E-state index contributed by atoms with van der Waals surface area (Å²) in [5.74, 6) is -0.728. The van der Waals surface area contributed by atoms with E-state index in [4.69, 9.17) is 47.4 Å². The Hall–Kier alpha value is -2.50. The molecule has 0 atom stereocenters. The Morgan fingerprint density at radius 3 is 0.825 bits per heavy atom. The number of carbonyl (C=O) groups excluding carboxylic acids is 2. The number of ether oxygens (including phenoxy) is 10. The molecule has 0 aliphatic carbocycles. The lowest BCUT2D eigenvalue weighted by molar-refractivity contribution is -0.00926. The first-order chi connectivity index (χ1) is 39.6. The first-order valence-electron chi connectivity index (χ1n) is 31.9. The van der Waals surface area contributed by atoms with Gasteiger partial charge >= 0.3 is 11.9 Å². The van der Waals surface area contributed by atoms with Crippen molar-refractivity contribution in [2.24, 2.45) is 0 Å². The summed E-state index contributed by atoms with van der Waals surface area (Å²) in [7, 11) is 0. The monoisotopic (exact) mass is 1160 g/mol. The van der Waals surface area contributed by atoms with Gasteiger partial charge < -0.3 is 47.4 Å². The lowest BCUT2D eigenvalue weighted by Gasteiger charge is -2.09. The summed E-state index contributed by atoms with van der Waals surface area (Å²) in [6.07, 6.45) is 39.5. The fraction of sp³-hybridized carbons (Fsp3) is 0.758. The lowest BCUT2D eigenvalue weighted by Crippen LogP contribution is -2.15. The minimum atomic E-state index is -0.364. The van der Waals surface area contributed by atoms with Gasteiger partial charge in [-0.2, -0.15) is 0 Å². The summed E-state index contributed by atoms with van der Waals surface area (Å²) in [5.41, 5.74) is 3.30. The second-order valence-electron chi connectivity index (χ2n) is 21.4. The number of hydrogen-bond donors (Lipinski definition) is 0. The highest BCUT2D eigenvalue weighted by atomic mass is 32.2. The summed E-state index contributed by atoms with van der Waals surface area (Å²) in [6, 6.07) is 11.6. The van der Waals surface area contributed by atoms with Crippen LogP contribution in [0.25, 0.3) is 0 Å². The van der Waals surface area contributed by atoms with E-state index in [9.17, 15) is 9.59 Å². The van der Waals surface area contributed by atoms with E-state index in [-0.39, 0.29) is 38.4 Å². The highest BCUT2D eigenvalue weighted by molar-refractivity contribution is 8.07. The third kappa shape index (κ3) is 33.7. The standard InChI is InChI=1S/C66H108O12S2/c1-3-5-7-9-11-13-15-17-19-21-23-25-27-29-37-69-39-41-71-43-45-73-47-49-75-51-53-77-65(67)59-35-31-33-57-55-61(79-63(57)59)62-56-58-34-32-36-60(64(58)80-62)66(68)78-54-52-76-50-48-74-46-44-72-42-40-70-38-30-28-26-24-22-20-18-16-14-12-10-8-6-4-2/h31-36H,3-30,37-56H2,1-2H3/b62-61-. The zero-order valence-corrected chi connectivity index (χ0v) is 51.8. The van der Waals surface area contributed by atoms with Crippen LogP contribution < -0.4 is 0 Å². The van der Waals surface area contributed by atoms with Crippen molar-refractivity contribution in [3.63, 3.8) is 0 Å². The number of carbonyl (C=O) groups is 2. The van der Waals surface area contributed by atoms with Gasteiger partial charge in [-0.25, -0.2) is 9.59 Å². The van der Waals surface area contributed by atoms with Crippen molar-refractivity contribution in [3.8, 4) is 0 Å². The van der Waals surface area contributed by atoms with Crippen LogP contribution in [0.4, 0.5) is 0 Å². The van der Waals surface area contributed by atoms with Crippen LogP contribution in [0, 0.1) is 0 Å². The number of fused-ring (bicyclic) bond motifs is 2. The van der Waals surface area contributed by atoms with Crippen LogP contribution in [0.2, 0.25) is 0 Å². The average Bonchev–Trinajstić information content (AvgIpc) is 4.17. The smallest absolute Gasteiger partial charge is 0.339 e. The highest BCUT2D eigenvalue weighted by Gasteiger charge is 2.30. The first-order valence-corrected chi connectivity index (χ1v) is 33.5. The van der Waals surface area contributed by atoms with Gasteiger partial charge in [-0.05, 0) is 36.1 Å². The van der Waals surface area contributed by atoms with Crippen molar-refractivity contribution in [2.45, 2.75) is 216 Å². The van der Waals surface area contributed by atoms with E-state index >= 15 is 0 Å². The van der Waals surface area contributed by atoms with Gasteiger partial charge in [0.1, 0.15) is 13.2 Å². The maximum absolute atomic E-state index is 13.2. The molecule has 2 heterocycles. The van der Waals surface area contributed by atoms with Crippen molar-refractivity contribution in [3.05, 3.63) is 68.5 Å². The largest absolute Gasteiger partial charge is 0.460 e. The van der Waals surface area contributed by atoms with E-state index in [1.54, 1.807) is 23.5 Å². The molecule has 2 aliphatic rings. The molecule has 14 heteroatoms. The first kappa shape index (κ1) is 70.0. The van der Waals surface area contributed by atoms with E-state index < -0.39 is 0 Å². The van der Waals surface area contributed by atoms with Crippen molar-refractivity contribution in [1.82, 2.24) is 0 Å². The van der Waals surface area contributed by atoms with Crippen LogP contribution in [0.15, 0.2) is 56.0 Å². The quantitative estimate of drug-likeness (QED) is 0.0460. The number of benzene rings is 2. The molecule has 0 fully saturated rings. The molecule has 4 rings (SSSR count). The van der Waals surface area contributed by atoms with Crippen LogP contribution in [-0.2, 0) is 60.2 Å². The van der Waals surface area contributed by atoms with Crippen molar-refractivity contribution >= 4 is 35.5 Å². The third-order valence-corrected chi connectivity index (χ3v) is 17.3. The van der Waals surface area contributed by atoms with Gasteiger partial charge in [0.05, 0.1) is 104 Å². The Bertz CT molecular complexity index is 1750. The molecule has 456 valence electrons. The average molecular weight is 1160 g/mol. The Morgan fingerprint density at radius 2 is 0.550 bits per heavy atom. The molecule has 0 unspecified atom stereocenters. The molecule has 80 heavy (non-hydrogen) atoms. The molecular formula is C66H108O12S2. The summed E-state index contributed by atoms with van der Waals surface area (Å²) in [6.45, 7) is 13.1. The number of allylic oxidation sites excluding steroid dienone is 2. The van der Waals surface area contributed by atoms with E-state index in [2.05, 4.69) is 26.0 Å². The number of esters is 2. The predicted molar refractivity (Wildman–Crippen MR) is 327 cm³/mol. The van der Waals surface area contributed by atoms with E-state index in [0.717, 1.165) is 59.8 Å². The molecule has 12 nitrogen and oxygen atoms in total. The topological polar surface area (TPSA) is 126 Å². The summed E-state index contributed by atoms with van der Waals surface area (Å²) < 4.78 is 56.6. The third-order valence-electron chi connectivity index (χ3n) is 14.5. The van der Waals surface area contributed by atoms with Gasteiger partial charge in [-0.15, -0.1) is 0 Å². The molecule has 0 radical (unpaired) electrons. The Balaban J connectivity index is 0.922. The number of rotatable bonds is 56. The minimum Gasteiger partial charge on any atom is -0.460 e. The van der Waals surface area contributed by atoms with E-state index in [1.807, 2.05) is 24.3 Å². The van der Waals surface area contributed by atoms with Crippen LogP contribution >= 0.6 is 23.5 Å². The fourth-order valence-corrected chi connectivity index (χ4v) is 12.5. The fourth-order valence-electron chi connectivity index (χ4n) is 9.85. The predicted octanol–water partition coefficient (Wildman–Crippen LogP) is 16.3. The van der Waals surface area contributed by atoms with Crippen molar-refractivity contribution in [2.75, 3.05) is 119 Å². The molecule has 0 amide bonds. The van der Waals surface area contributed by atoms with Crippen molar-refractivity contribution in [1.29, 1.82) is 0 Å². The van der Waals surface area contributed by atoms with Gasteiger partial charge in [0.15, 0.2) is 0 Å². The van der Waals surface area contributed by atoms with Crippen molar-refractivity contribution < 1.29 is 57.0 Å². The molecule has 0 N–H and O–H groups in total. The lowest BCUT2D eigenvalue weighted by atomic mass is 10.0. The summed E-state index contributed by atoms with van der Waals surface area (Å²) >= 11 is 3.24. The number of thioether (sulfide) groups is 2. The van der Waals surface area contributed by atoms with Gasteiger partial charge in [-0.1, -0.05) is 229 Å². The Morgan fingerprint density at radius 1 is 0.312 bits per heavy atom. The summed E-state index contributed by atoms with van der Waals surface area (Å²) in [4.78, 5) is 30.7. The van der Waals surface area contributed by atoms with E-state index in [1.165, 1.54) is 177 Å².